The van der Waals surface area contributed by atoms with E-state index in [1.165, 1.54) is 5.39 Å². The maximum atomic E-state index is 12.7. The molecule has 0 N–H and O–H groups in total. The van der Waals surface area contributed by atoms with Crippen LogP contribution in [0.25, 0.3) is 10.8 Å². The highest BCUT2D eigenvalue weighted by Gasteiger charge is 2.26. The van der Waals surface area contributed by atoms with E-state index in [1.807, 2.05) is 23.1 Å². The van der Waals surface area contributed by atoms with Crippen molar-refractivity contribution >= 4 is 16.7 Å². The molecule has 0 spiro atoms. The van der Waals surface area contributed by atoms with Gasteiger partial charge in [0.15, 0.2) is 0 Å². The van der Waals surface area contributed by atoms with Crippen molar-refractivity contribution < 1.29 is 9.53 Å². The Labute approximate surface area is 146 Å². The number of hydrogen-bond acceptors (Lipinski definition) is 4. The highest BCUT2D eigenvalue weighted by atomic mass is 16.5. The molecule has 1 saturated heterocycles. The molecule has 5 nitrogen and oxygen atoms in total. The summed E-state index contributed by atoms with van der Waals surface area (Å²) in [6.45, 7) is 1.65. The lowest BCUT2D eigenvalue weighted by Crippen LogP contribution is -2.43. The summed E-state index contributed by atoms with van der Waals surface area (Å²) in [6, 6.07) is 14.4. The van der Waals surface area contributed by atoms with E-state index < -0.39 is 0 Å². The third kappa shape index (κ3) is 3.51. The lowest BCUT2D eigenvalue weighted by Gasteiger charge is -2.32. The maximum Gasteiger partial charge on any atom is 0.227 e. The highest BCUT2D eigenvalue weighted by molar-refractivity contribution is 5.85. The molecule has 0 aliphatic carbocycles. The van der Waals surface area contributed by atoms with Crippen molar-refractivity contribution in [1.82, 2.24) is 14.9 Å². The molecule has 2 heterocycles. The zero-order valence-electron chi connectivity index (χ0n) is 13.8. The number of benzene rings is 2. The van der Waals surface area contributed by atoms with Gasteiger partial charge in [-0.3, -0.25) is 14.8 Å². The molecule has 4 rings (SSSR count). The molecule has 1 atom stereocenters. The average molecular weight is 333 g/mol. The van der Waals surface area contributed by atoms with Gasteiger partial charge in [-0.1, -0.05) is 42.5 Å². The van der Waals surface area contributed by atoms with Crippen LogP contribution < -0.4 is 0 Å². The Morgan fingerprint density at radius 3 is 2.88 bits per heavy atom. The van der Waals surface area contributed by atoms with Crippen LogP contribution in [0.15, 0.2) is 61.1 Å². The summed E-state index contributed by atoms with van der Waals surface area (Å²) in [5.74, 6) is 0.118. The first kappa shape index (κ1) is 15.7. The number of carbonyl (C=O) groups is 1. The van der Waals surface area contributed by atoms with Crippen LogP contribution in [0.2, 0.25) is 0 Å². The van der Waals surface area contributed by atoms with Crippen LogP contribution in [-0.2, 0) is 16.0 Å². The van der Waals surface area contributed by atoms with Gasteiger partial charge in [-0.15, -0.1) is 0 Å². The van der Waals surface area contributed by atoms with Gasteiger partial charge < -0.3 is 9.64 Å². The molecule has 0 radical (unpaired) electrons. The predicted molar refractivity (Wildman–Crippen MR) is 95.0 cm³/mol. The van der Waals surface area contributed by atoms with Crippen LogP contribution in [0, 0.1) is 0 Å². The molecular weight excluding hydrogens is 314 g/mol. The zero-order chi connectivity index (χ0) is 17.1. The molecule has 3 aromatic rings. The van der Waals surface area contributed by atoms with E-state index >= 15 is 0 Å². The van der Waals surface area contributed by atoms with Crippen LogP contribution >= 0.6 is 0 Å². The molecule has 0 bridgehead atoms. The molecule has 126 valence electrons. The summed E-state index contributed by atoms with van der Waals surface area (Å²) in [7, 11) is 0. The minimum Gasteiger partial charge on any atom is -0.368 e. The molecule has 1 aliphatic heterocycles. The highest BCUT2D eigenvalue weighted by Crippen LogP contribution is 2.21. The van der Waals surface area contributed by atoms with E-state index in [4.69, 9.17) is 4.74 Å². The number of rotatable bonds is 3. The van der Waals surface area contributed by atoms with E-state index in [9.17, 15) is 4.79 Å². The van der Waals surface area contributed by atoms with Crippen LogP contribution in [0.1, 0.15) is 17.4 Å². The van der Waals surface area contributed by atoms with Gasteiger partial charge in [0.05, 0.1) is 31.5 Å². The van der Waals surface area contributed by atoms with Gasteiger partial charge in [0.2, 0.25) is 5.91 Å². The molecule has 1 aromatic heterocycles. The van der Waals surface area contributed by atoms with Crippen LogP contribution in [0.3, 0.4) is 0 Å². The van der Waals surface area contributed by atoms with Crippen LogP contribution in [0.4, 0.5) is 0 Å². The first-order chi connectivity index (χ1) is 12.3. The maximum absolute atomic E-state index is 12.7. The zero-order valence-corrected chi connectivity index (χ0v) is 13.8. The number of amides is 1. The first-order valence-electron chi connectivity index (χ1n) is 8.42. The lowest BCUT2D eigenvalue weighted by molar-refractivity contribution is -0.138. The van der Waals surface area contributed by atoms with Gasteiger partial charge >= 0.3 is 0 Å². The number of hydrogen-bond donors (Lipinski definition) is 0. The fourth-order valence-electron chi connectivity index (χ4n) is 3.17. The van der Waals surface area contributed by atoms with E-state index in [2.05, 4.69) is 34.2 Å². The monoisotopic (exact) mass is 333 g/mol. The summed E-state index contributed by atoms with van der Waals surface area (Å²) in [4.78, 5) is 22.9. The second-order valence-electron chi connectivity index (χ2n) is 6.19. The van der Waals surface area contributed by atoms with Crippen molar-refractivity contribution in [3.05, 3.63) is 72.3 Å². The smallest absolute Gasteiger partial charge is 0.227 e. The Kier molecular flexibility index (Phi) is 4.39. The molecule has 0 saturated carbocycles. The van der Waals surface area contributed by atoms with Crippen molar-refractivity contribution in [3.8, 4) is 0 Å². The number of nitrogens with zero attached hydrogens (tertiary/aromatic N) is 3. The predicted octanol–water partition coefficient (Wildman–Crippen LogP) is 2.77. The Hall–Kier alpha value is -2.79. The summed E-state index contributed by atoms with van der Waals surface area (Å²) in [5, 5.41) is 2.35. The lowest BCUT2D eigenvalue weighted by atomic mass is 10.0. The molecule has 1 fully saturated rings. The van der Waals surface area contributed by atoms with E-state index in [0.717, 1.165) is 16.6 Å². The minimum absolute atomic E-state index is 0.118. The molecule has 2 aromatic carbocycles. The third-order valence-electron chi connectivity index (χ3n) is 4.50. The SMILES string of the molecule is O=C(Cc1ccc2ccccc2c1)N1CCOC(c2cnccn2)C1. The number of morpholine rings is 1. The normalized spacial score (nSPS) is 17.6. The topological polar surface area (TPSA) is 55.3 Å². The number of carbonyl (C=O) groups excluding carboxylic acids is 1. The van der Waals surface area contributed by atoms with Crippen molar-refractivity contribution in [2.75, 3.05) is 19.7 Å². The van der Waals surface area contributed by atoms with E-state index in [0.29, 0.717) is 26.1 Å². The van der Waals surface area contributed by atoms with Crippen molar-refractivity contribution in [1.29, 1.82) is 0 Å². The summed E-state index contributed by atoms with van der Waals surface area (Å²) in [5.41, 5.74) is 1.80. The first-order valence-corrected chi connectivity index (χ1v) is 8.42. The summed E-state index contributed by atoms with van der Waals surface area (Å²) < 4.78 is 5.76. The fourth-order valence-corrected chi connectivity index (χ4v) is 3.17. The number of ether oxygens (including phenoxy) is 1. The van der Waals surface area contributed by atoms with E-state index in [1.54, 1.807) is 18.6 Å². The van der Waals surface area contributed by atoms with Gasteiger partial charge in [-0.25, -0.2) is 0 Å². The van der Waals surface area contributed by atoms with Crippen molar-refractivity contribution in [2.24, 2.45) is 0 Å². The Balaban J connectivity index is 1.46. The number of aromatic nitrogens is 2. The fraction of sp³-hybridized carbons (Fsp3) is 0.250. The summed E-state index contributed by atoms with van der Waals surface area (Å²) >= 11 is 0. The van der Waals surface area contributed by atoms with Crippen LogP contribution in [0.5, 0.6) is 0 Å². The molecule has 5 heteroatoms. The summed E-state index contributed by atoms with van der Waals surface area (Å²) in [6.07, 6.45) is 5.17. The minimum atomic E-state index is -0.206. The largest absolute Gasteiger partial charge is 0.368 e. The van der Waals surface area contributed by atoms with Crippen molar-refractivity contribution in [3.63, 3.8) is 0 Å². The molecule has 1 unspecified atom stereocenters. The van der Waals surface area contributed by atoms with Crippen LogP contribution in [-0.4, -0.2) is 40.5 Å². The average Bonchev–Trinajstić information content (AvgIpc) is 2.69. The van der Waals surface area contributed by atoms with Gasteiger partial charge in [0.25, 0.3) is 0 Å². The second-order valence-corrected chi connectivity index (χ2v) is 6.19. The third-order valence-corrected chi connectivity index (χ3v) is 4.50. The Bertz CT molecular complexity index is 882. The molecule has 1 aliphatic rings. The van der Waals surface area contributed by atoms with Gasteiger partial charge in [-0.05, 0) is 16.3 Å². The van der Waals surface area contributed by atoms with Gasteiger partial charge in [0, 0.05) is 18.9 Å². The molecule has 25 heavy (non-hydrogen) atoms. The van der Waals surface area contributed by atoms with Gasteiger partial charge in [-0.2, -0.15) is 0 Å². The quantitative estimate of drug-likeness (QED) is 0.739. The van der Waals surface area contributed by atoms with E-state index in [-0.39, 0.29) is 12.0 Å². The number of fused-ring (bicyclic) bond motifs is 1. The Morgan fingerprint density at radius 2 is 2.04 bits per heavy atom. The van der Waals surface area contributed by atoms with Gasteiger partial charge in [0.1, 0.15) is 6.10 Å². The standard InChI is InChI=1S/C20H19N3O2/c24-20(12-15-5-6-16-3-1-2-4-17(16)11-15)23-9-10-25-19(14-23)18-13-21-7-8-22-18/h1-8,11,13,19H,9-10,12,14H2. The Morgan fingerprint density at radius 1 is 1.16 bits per heavy atom. The molecular formula is C20H19N3O2. The van der Waals surface area contributed by atoms with Crippen molar-refractivity contribution in [2.45, 2.75) is 12.5 Å². The second kappa shape index (κ2) is 6.99. The molecule has 1 amide bonds.